The lowest BCUT2D eigenvalue weighted by Gasteiger charge is -2.10. The molecule has 0 bridgehead atoms. The molecule has 0 fully saturated rings. The molecule has 0 aliphatic carbocycles. The van der Waals surface area contributed by atoms with Gasteiger partial charge in [-0.2, -0.15) is 22.8 Å². The summed E-state index contributed by atoms with van der Waals surface area (Å²) < 4.78 is 44.1. The van der Waals surface area contributed by atoms with Crippen molar-refractivity contribution in [3.8, 4) is 22.8 Å². The van der Waals surface area contributed by atoms with Crippen LogP contribution in [0.5, 0.6) is 11.6 Å². The van der Waals surface area contributed by atoms with E-state index in [0.29, 0.717) is 22.6 Å². The van der Waals surface area contributed by atoms with Gasteiger partial charge in [0.2, 0.25) is 5.88 Å². The molecule has 0 saturated carbocycles. The fourth-order valence-corrected chi connectivity index (χ4v) is 2.74. The first-order valence-electron chi connectivity index (χ1n) is 7.26. The van der Waals surface area contributed by atoms with Crippen LogP contribution in [0.25, 0.3) is 16.8 Å². The van der Waals surface area contributed by atoms with Gasteiger partial charge >= 0.3 is 6.18 Å². The lowest BCUT2D eigenvalue weighted by Crippen LogP contribution is -2.22. The summed E-state index contributed by atoms with van der Waals surface area (Å²) in [6.45, 7) is 1.62. The number of aryl methyl sites for hydroxylation is 1. The van der Waals surface area contributed by atoms with Gasteiger partial charge in [-0.25, -0.2) is 0 Å². The van der Waals surface area contributed by atoms with Crippen molar-refractivity contribution in [2.24, 2.45) is 0 Å². The van der Waals surface area contributed by atoms with Gasteiger partial charge in [0.25, 0.3) is 5.56 Å². The second kappa shape index (κ2) is 5.83. The van der Waals surface area contributed by atoms with Crippen LogP contribution >= 0.6 is 0 Å². The number of aromatic nitrogens is 3. The number of hydrogen-bond donors (Lipinski definition) is 2. The van der Waals surface area contributed by atoms with Crippen LogP contribution in [0, 0.1) is 6.92 Å². The maximum Gasteiger partial charge on any atom is 0.393 e. The van der Waals surface area contributed by atoms with E-state index in [1.165, 1.54) is 7.11 Å². The molecule has 9 heteroatoms. The lowest BCUT2D eigenvalue weighted by molar-refractivity contribution is -0.127. The molecule has 0 aliphatic rings. The maximum absolute atomic E-state index is 12.6. The zero-order valence-electron chi connectivity index (χ0n) is 13.3. The number of benzene rings is 1. The lowest BCUT2D eigenvalue weighted by atomic mass is 10.1. The van der Waals surface area contributed by atoms with E-state index in [9.17, 15) is 23.1 Å². The third kappa shape index (κ3) is 2.92. The van der Waals surface area contributed by atoms with Crippen LogP contribution in [-0.4, -0.2) is 33.0 Å². The summed E-state index contributed by atoms with van der Waals surface area (Å²) in [6.07, 6.45) is -6.18. The molecule has 2 N–H and O–H groups in total. The molecule has 0 amide bonds. The molecule has 1 aromatic carbocycles. The fourth-order valence-electron chi connectivity index (χ4n) is 2.74. The number of rotatable bonds is 3. The van der Waals surface area contributed by atoms with Gasteiger partial charge in [-0.05, 0) is 13.0 Å². The highest BCUT2D eigenvalue weighted by molar-refractivity contribution is 5.83. The number of hydrogen-bond acceptors (Lipinski definition) is 4. The minimum absolute atomic E-state index is 0.0930. The van der Waals surface area contributed by atoms with Crippen molar-refractivity contribution < 1.29 is 23.0 Å². The molecule has 25 heavy (non-hydrogen) atoms. The number of methoxy groups -OCH3 is 1. The Balaban J connectivity index is 2.31. The molecule has 3 aromatic rings. The first kappa shape index (κ1) is 16.9. The van der Waals surface area contributed by atoms with Crippen LogP contribution in [0.15, 0.2) is 29.1 Å². The Morgan fingerprint density at radius 2 is 2.00 bits per heavy atom. The van der Waals surface area contributed by atoms with E-state index in [2.05, 4.69) is 10.1 Å². The molecular formula is C16H14F3N3O3. The Morgan fingerprint density at radius 1 is 1.32 bits per heavy atom. The molecule has 0 saturated heterocycles. The van der Waals surface area contributed by atoms with Crippen molar-refractivity contribution in [1.29, 1.82) is 0 Å². The Kier molecular flexibility index (Phi) is 3.94. The number of fused-ring (bicyclic) bond motifs is 1. The third-order valence-corrected chi connectivity index (χ3v) is 3.79. The summed E-state index contributed by atoms with van der Waals surface area (Å²) in [5.41, 5.74) is -0.234. The van der Waals surface area contributed by atoms with Gasteiger partial charge in [0.1, 0.15) is 11.4 Å². The Labute approximate surface area is 139 Å². The minimum atomic E-state index is -4.63. The number of para-hydroxylation sites is 1. The summed E-state index contributed by atoms with van der Waals surface area (Å²) in [5.74, 6) is -0.333. The fraction of sp³-hybridized carbons (Fsp3) is 0.250. The van der Waals surface area contributed by atoms with Crippen molar-refractivity contribution in [2.45, 2.75) is 19.5 Å². The smallest absolute Gasteiger partial charge is 0.393 e. The highest BCUT2D eigenvalue weighted by Gasteiger charge is 2.32. The largest absolute Gasteiger partial charge is 0.496 e. The van der Waals surface area contributed by atoms with Gasteiger partial charge < -0.3 is 14.8 Å². The van der Waals surface area contributed by atoms with E-state index in [-0.39, 0.29) is 5.65 Å². The van der Waals surface area contributed by atoms with E-state index in [1.54, 1.807) is 31.2 Å². The number of nitrogens with zero attached hydrogens (tertiary/aromatic N) is 2. The molecule has 0 radical (unpaired) electrons. The second-order valence-electron chi connectivity index (χ2n) is 5.47. The van der Waals surface area contributed by atoms with Gasteiger partial charge in [-0.1, -0.05) is 18.2 Å². The van der Waals surface area contributed by atoms with Crippen molar-refractivity contribution in [2.75, 3.05) is 7.11 Å². The average molecular weight is 353 g/mol. The van der Waals surface area contributed by atoms with Crippen LogP contribution in [0.4, 0.5) is 13.2 Å². The van der Waals surface area contributed by atoms with E-state index in [0.717, 1.165) is 4.52 Å². The number of halogens is 3. The highest BCUT2D eigenvalue weighted by Crippen LogP contribution is 2.35. The number of alkyl halides is 3. The number of H-pyrrole nitrogens is 1. The van der Waals surface area contributed by atoms with E-state index >= 15 is 0 Å². The number of aromatic hydroxyl groups is 1. The topological polar surface area (TPSA) is 79.6 Å². The highest BCUT2D eigenvalue weighted by atomic mass is 19.4. The Bertz CT molecular complexity index is 1010. The summed E-state index contributed by atoms with van der Waals surface area (Å²) in [5, 5.41) is 14.2. The zero-order valence-corrected chi connectivity index (χ0v) is 13.3. The Morgan fingerprint density at radius 3 is 2.64 bits per heavy atom. The van der Waals surface area contributed by atoms with Crippen LogP contribution in [0.1, 0.15) is 11.3 Å². The summed E-state index contributed by atoms with van der Waals surface area (Å²) in [4.78, 5) is 14.5. The maximum atomic E-state index is 12.6. The minimum Gasteiger partial charge on any atom is -0.496 e. The van der Waals surface area contributed by atoms with Crippen molar-refractivity contribution >= 4 is 5.65 Å². The van der Waals surface area contributed by atoms with Crippen LogP contribution in [0.2, 0.25) is 0 Å². The number of aromatic amines is 1. The standard InChI is InChI=1S/C16H14F3N3O3/c1-8-12(9-5-3-4-6-11(9)25-2)13-20-14(23)10(7-16(17,18)19)15(24)22(13)21-8/h3-6,24H,7H2,1-2H3,(H,20,23). The predicted octanol–water partition coefficient (Wildman–Crippen LogP) is 2.82. The summed E-state index contributed by atoms with van der Waals surface area (Å²) in [7, 11) is 1.47. The molecule has 6 nitrogen and oxygen atoms in total. The van der Waals surface area contributed by atoms with E-state index in [4.69, 9.17) is 4.74 Å². The first-order chi connectivity index (χ1) is 11.7. The average Bonchev–Trinajstić information content (AvgIpc) is 2.86. The number of ether oxygens (including phenoxy) is 1. The molecule has 0 spiro atoms. The van der Waals surface area contributed by atoms with Crippen molar-refractivity contribution in [3.63, 3.8) is 0 Å². The summed E-state index contributed by atoms with van der Waals surface area (Å²) in [6, 6.07) is 6.93. The molecule has 2 aromatic heterocycles. The molecule has 132 valence electrons. The van der Waals surface area contributed by atoms with Crippen LogP contribution < -0.4 is 10.3 Å². The number of nitrogens with one attached hydrogen (secondary N) is 1. The summed E-state index contributed by atoms with van der Waals surface area (Å²) >= 11 is 0. The predicted molar refractivity (Wildman–Crippen MR) is 84.0 cm³/mol. The van der Waals surface area contributed by atoms with Crippen LogP contribution in [0.3, 0.4) is 0 Å². The third-order valence-electron chi connectivity index (χ3n) is 3.79. The van der Waals surface area contributed by atoms with Gasteiger partial charge in [0, 0.05) is 5.56 Å². The second-order valence-corrected chi connectivity index (χ2v) is 5.47. The quantitative estimate of drug-likeness (QED) is 0.759. The van der Waals surface area contributed by atoms with Gasteiger partial charge in [-0.3, -0.25) is 4.79 Å². The zero-order chi connectivity index (χ0) is 18.4. The molecule has 0 unspecified atom stereocenters. The van der Waals surface area contributed by atoms with E-state index in [1.807, 2.05) is 0 Å². The van der Waals surface area contributed by atoms with Crippen molar-refractivity contribution in [1.82, 2.24) is 14.6 Å². The Hall–Kier alpha value is -2.97. The molecule has 0 aliphatic heterocycles. The molecular weight excluding hydrogens is 339 g/mol. The molecule has 3 rings (SSSR count). The van der Waals surface area contributed by atoms with Gasteiger partial charge in [0.05, 0.1) is 30.4 Å². The monoisotopic (exact) mass is 353 g/mol. The van der Waals surface area contributed by atoms with E-state index < -0.39 is 29.6 Å². The van der Waals surface area contributed by atoms with Gasteiger partial charge in [-0.15, -0.1) is 0 Å². The molecule has 2 heterocycles. The normalized spacial score (nSPS) is 11.9. The van der Waals surface area contributed by atoms with Crippen molar-refractivity contribution in [3.05, 3.63) is 45.9 Å². The van der Waals surface area contributed by atoms with Crippen LogP contribution in [-0.2, 0) is 6.42 Å². The molecule has 0 atom stereocenters. The van der Waals surface area contributed by atoms with Gasteiger partial charge in [0.15, 0.2) is 0 Å². The SMILES string of the molecule is COc1ccccc1-c1c(C)nn2c(O)c(CC(F)(F)F)c(=O)[nH]c12. The first-order valence-corrected chi connectivity index (χ1v) is 7.26.